The third-order valence-corrected chi connectivity index (χ3v) is 6.47. The Morgan fingerprint density at radius 3 is 2.96 bits per heavy atom. The van der Waals surface area contributed by atoms with E-state index in [1.807, 2.05) is 25.1 Å². The van der Waals surface area contributed by atoms with Gasteiger partial charge >= 0.3 is 0 Å². The van der Waals surface area contributed by atoms with Crippen LogP contribution >= 0.6 is 11.3 Å². The number of fused-ring (bicyclic) bond motifs is 1. The Morgan fingerprint density at radius 1 is 1.44 bits per heavy atom. The van der Waals surface area contributed by atoms with Crippen molar-refractivity contribution in [3.63, 3.8) is 0 Å². The third-order valence-electron chi connectivity index (χ3n) is 5.33. The quantitative estimate of drug-likeness (QED) is 0.895. The van der Waals surface area contributed by atoms with Gasteiger partial charge in [-0.05, 0) is 57.2 Å². The Kier molecular flexibility index (Phi) is 4.22. The minimum atomic E-state index is -0.720. The summed E-state index contributed by atoms with van der Waals surface area (Å²) < 4.78 is 1.19. The van der Waals surface area contributed by atoms with E-state index in [1.54, 1.807) is 11.3 Å². The Morgan fingerprint density at radius 2 is 2.24 bits per heavy atom. The molecule has 1 saturated carbocycles. The molecule has 5 nitrogen and oxygen atoms in total. The molecule has 1 aromatic heterocycles. The van der Waals surface area contributed by atoms with Crippen molar-refractivity contribution in [3.05, 3.63) is 29.3 Å². The second-order valence-corrected chi connectivity index (χ2v) is 8.35. The van der Waals surface area contributed by atoms with Gasteiger partial charge in [-0.3, -0.25) is 9.69 Å². The van der Waals surface area contributed by atoms with Crippen molar-refractivity contribution >= 4 is 27.5 Å². The van der Waals surface area contributed by atoms with E-state index < -0.39 is 5.54 Å². The van der Waals surface area contributed by atoms with E-state index in [9.17, 15) is 10.1 Å². The number of hydrogen-bond donors (Lipinski definition) is 1. The standard InChI is InChI=1S/C19H22N4OS/c1-19(12-20,13-8-9-13)22-17(24)11-23-10-4-6-15(23)18-21-14-5-2-3-7-16(14)25-18/h2-3,5,7,13,15H,4,6,8-11H2,1H3,(H,22,24)/t15-,19-/m0/s1. The van der Waals surface area contributed by atoms with Gasteiger partial charge in [-0.2, -0.15) is 5.26 Å². The molecular formula is C19H22N4OS. The molecule has 1 amide bonds. The first kappa shape index (κ1) is 16.5. The van der Waals surface area contributed by atoms with Crippen LogP contribution in [0.3, 0.4) is 0 Å². The topological polar surface area (TPSA) is 69.0 Å². The lowest BCUT2D eigenvalue weighted by Gasteiger charge is -2.26. The van der Waals surface area contributed by atoms with E-state index in [-0.39, 0.29) is 11.9 Å². The summed E-state index contributed by atoms with van der Waals surface area (Å²) in [7, 11) is 0. The zero-order chi connectivity index (χ0) is 17.4. The smallest absolute Gasteiger partial charge is 0.235 e. The van der Waals surface area contributed by atoms with Crippen molar-refractivity contribution in [2.24, 2.45) is 5.92 Å². The fourth-order valence-electron chi connectivity index (χ4n) is 3.72. The number of para-hydroxylation sites is 1. The minimum absolute atomic E-state index is 0.0519. The number of aromatic nitrogens is 1. The maximum absolute atomic E-state index is 12.5. The molecule has 1 N–H and O–H groups in total. The molecule has 1 aromatic carbocycles. The number of hydrogen-bond acceptors (Lipinski definition) is 5. The molecule has 1 saturated heterocycles. The van der Waals surface area contributed by atoms with Crippen molar-refractivity contribution in [1.82, 2.24) is 15.2 Å². The molecule has 0 unspecified atom stereocenters. The van der Waals surface area contributed by atoms with Crippen LogP contribution in [0.2, 0.25) is 0 Å². The van der Waals surface area contributed by atoms with Gasteiger partial charge in [0.05, 0.1) is 28.9 Å². The maximum atomic E-state index is 12.5. The van der Waals surface area contributed by atoms with E-state index in [1.165, 1.54) is 4.70 Å². The number of nitrogens with zero attached hydrogens (tertiary/aromatic N) is 3. The third kappa shape index (κ3) is 3.26. The maximum Gasteiger partial charge on any atom is 0.235 e. The summed E-state index contributed by atoms with van der Waals surface area (Å²) in [6.45, 7) is 3.09. The Bertz CT molecular complexity index is 804. The number of likely N-dealkylation sites (tertiary alicyclic amines) is 1. The van der Waals surface area contributed by atoms with Gasteiger partial charge in [0.2, 0.25) is 5.91 Å². The highest BCUT2D eigenvalue weighted by atomic mass is 32.1. The molecule has 4 rings (SSSR count). The molecule has 2 atom stereocenters. The first-order valence-corrected chi connectivity index (χ1v) is 9.72. The van der Waals surface area contributed by atoms with Gasteiger partial charge in [0.1, 0.15) is 10.5 Å². The number of carbonyl (C=O) groups excluding carboxylic acids is 1. The zero-order valence-corrected chi connectivity index (χ0v) is 15.2. The number of nitrogens with one attached hydrogen (secondary N) is 1. The van der Waals surface area contributed by atoms with Crippen molar-refractivity contribution in [2.75, 3.05) is 13.1 Å². The second-order valence-electron chi connectivity index (χ2n) is 7.28. The van der Waals surface area contributed by atoms with Gasteiger partial charge in [0.25, 0.3) is 0 Å². The highest BCUT2D eigenvalue weighted by molar-refractivity contribution is 7.18. The molecule has 2 heterocycles. The summed E-state index contributed by atoms with van der Waals surface area (Å²) >= 11 is 1.72. The number of rotatable bonds is 5. The molecule has 2 fully saturated rings. The fraction of sp³-hybridized carbons (Fsp3) is 0.526. The van der Waals surface area contributed by atoms with E-state index in [0.717, 1.165) is 42.8 Å². The summed E-state index contributed by atoms with van der Waals surface area (Å²) in [6, 6.07) is 10.7. The first-order chi connectivity index (χ1) is 12.1. The van der Waals surface area contributed by atoms with E-state index in [2.05, 4.69) is 22.4 Å². The minimum Gasteiger partial charge on any atom is -0.337 e. The number of carbonyl (C=O) groups is 1. The van der Waals surface area contributed by atoms with Crippen molar-refractivity contribution < 1.29 is 4.79 Å². The molecule has 1 aliphatic heterocycles. The Balaban J connectivity index is 1.46. The predicted molar refractivity (Wildman–Crippen MR) is 98.1 cm³/mol. The number of nitriles is 1. The molecule has 130 valence electrons. The molecule has 1 aliphatic carbocycles. The monoisotopic (exact) mass is 354 g/mol. The van der Waals surface area contributed by atoms with Crippen LogP contribution in [-0.2, 0) is 4.79 Å². The van der Waals surface area contributed by atoms with Gasteiger partial charge in [-0.25, -0.2) is 4.98 Å². The van der Waals surface area contributed by atoms with Crippen molar-refractivity contribution in [3.8, 4) is 6.07 Å². The molecule has 0 bridgehead atoms. The molecule has 2 aliphatic rings. The van der Waals surface area contributed by atoms with Crippen molar-refractivity contribution in [1.29, 1.82) is 5.26 Å². The largest absolute Gasteiger partial charge is 0.337 e. The van der Waals surface area contributed by atoms with E-state index in [0.29, 0.717) is 12.5 Å². The normalized spacial score (nSPS) is 23.3. The van der Waals surface area contributed by atoms with Crippen LogP contribution in [-0.4, -0.2) is 34.4 Å². The molecule has 25 heavy (non-hydrogen) atoms. The van der Waals surface area contributed by atoms with E-state index >= 15 is 0 Å². The van der Waals surface area contributed by atoms with Crippen LogP contribution in [0.4, 0.5) is 0 Å². The summed E-state index contributed by atoms with van der Waals surface area (Å²) in [4.78, 5) is 19.5. The van der Waals surface area contributed by atoms with Crippen LogP contribution < -0.4 is 5.32 Å². The fourth-order valence-corrected chi connectivity index (χ4v) is 4.86. The Labute approximate surface area is 151 Å². The summed E-state index contributed by atoms with van der Waals surface area (Å²) in [5, 5.41) is 13.5. The highest BCUT2D eigenvalue weighted by Crippen LogP contribution is 2.39. The van der Waals surface area contributed by atoms with Crippen LogP contribution in [0.25, 0.3) is 10.2 Å². The molecule has 0 radical (unpaired) electrons. The van der Waals surface area contributed by atoms with Crippen LogP contribution in [0.1, 0.15) is 43.7 Å². The SMILES string of the molecule is C[C@@](C#N)(NC(=O)CN1CCC[C@H]1c1nc2ccccc2s1)C1CC1. The summed E-state index contributed by atoms with van der Waals surface area (Å²) in [5.74, 6) is 0.254. The van der Waals surface area contributed by atoms with Crippen molar-refractivity contribution in [2.45, 2.75) is 44.2 Å². The van der Waals surface area contributed by atoms with Gasteiger partial charge in [0.15, 0.2) is 0 Å². The summed E-state index contributed by atoms with van der Waals surface area (Å²) in [5.41, 5.74) is 0.312. The summed E-state index contributed by atoms with van der Waals surface area (Å²) in [6.07, 6.45) is 4.17. The average molecular weight is 354 g/mol. The average Bonchev–Trinajstić information content (AvgIpc) is 3.23. The van der Waals surface area contributed by atoms with E-state index in [4.69, 9.17) is 4.98 Å². The number of thiazole rings is 1. The lowest BCUT2D eigenvalue weighted by Crippen LogP contribution is -2.50. The van der Waals surface area contributed by atoms with Gasteiger partial charge in [-0.15, -0.1) is 11.3 Å². The molecule has 2 aromatic rings. The first-order valence-electron chi connectivity index (χ1n) is 8.91. The van der Waals surface area contributed by atoms with Crippen LogP contribution in [0.15, 0.2) is 24.3 Å². The van der Waals surface area contributed by atoms with Crippen LogP contribution in [0.5, 0.6) is 0 Å². The predicted octanol–water partition coefficient (Wildman–Crippen LogP) is 3.24. The zero-order valence-electron chi connectivity index (χ0n) is 14.4. The molecule has 6 heteroatoms. The number of benzene rings is 1. The Hall–Kier alpha value is -1.97. The molecule has 0 spiro atoms. The van der Waals surface area contributed by atoms with Crippen LogP contribution in [0, 0.1) is 17.2 Å². The number of amides is 1. The lowest BCUT2D eigenvalue weighted by molar-refractivity contribution is -0.123. The van der Waals surface area contributed by atoms with Gasteiger partial charge in [0, 0.05) is 0 Å². The molecular weight excluding hydrogens is 332 g/mol. The lowest BCUT2D eigenvalue weighted by atomic mass is 9.98. The second kappa shape index (κ2) is 6.40. The van der Waals surface area contributed by atoms with Gasteiger partial charge in [-0.1, -0.05) is 12.1 Å². The highest BCUT2D eigenvalue weighted by Gasteiger charge is 2.43. The van der Waals surface area contributed by atoms with Gasteiger partial charge < -0.3 is 5.32 Å².